The molecule has 2 heterocycles. The van der Waals surface area contributed by atoms with Gasteiger partial charge in [-0.2, -0.15) is 0 Å². The van der Waals surface area contributed by atoms with E-state index in [1.807, 2.05) is 25.7 Å². The van der Waals surface area contributed by atoms with Crippen LogP contribution in [0.15, 0.2) is 12.1 Å². The van der Waals surface area contributed by atoms with Gasteiger partial charge in [0.05, 0.1) is 22.7 Å². The minimum Gasteiger partial charge on any atom is -0.598 e. The first kappa shape index (κ1) is 26.9. The summed E-state index contributed by atoms with van der Waals surface area (Å²) in [6, 6.07) is 2.63. The first-order valence-corrected chi connectivity index (χ1v) is 13.2. The van der Waals surface area contributed by atoms with Gasteiger partial charge in [-0.1, -0.05) is 23.2 Å². The first-order chi connectivity index (χ1) is 15.3. The van der Waals surface area contributed by atoms with E-state index in [2.05, 4.69) is 4.72 Å². The molecule has 1 amide bonds. The molecule has 0 spiro atoms. The van der Waals surface area contributed by atoms with E-state index in [9.17, 15) is 14.5 Å². The fraction of sp³-hybridized carbons (Fsp3) is 0.696. The van der Waals surface area contributed by atoms with Gasteiger partial charge < -0.3 is 24.0 Å². The summed E-state index contributed by atoms with van der Waals surface area (Å²) in [5, 5.41) is 11.2. The van der Waals surface area contributed by atoms with Crippen LogP contribution in [0.1, 0.15) is 65.5 Å². The highest BCUT2D eigenvalue weighted by Crippen LogP contribution is 2.40. The van der Waals surface area contributed by atoms with Crippen molar-refractivity contribution in [1.82, 2.24) is 9.62 Å². The third kappa shape index (κ3) is 6.69. The molecule has 2 fully saturated rings. The van der Waals surface area contributed by atoms with Gasteiger partial charge in [0, 0.05) is 36.1 Å². The van der Waals surface area contributed by atoms with E-state index in [0.29, 0.717) is 30.1 Å². The summed E-state index contributed by atoms with van der Waals surface area (Å²) in [6.07, 6.45) is 1.63. The SMILES string of the molecule is CC1(C)OC[C@H](C(=O)N2CCCC(C(N[S@@+]([O-])C(C)(C)C)c3cc(Cl)c(Cl)cc3O)CC2)O1. The molecular formula is C23H34Cl2N2O5S. The number of phenols is 1. The van der Waals surface area contributed by atoms with Gasteiger partial charge >= 0.3 is 0 Å². The van der Waals surface area contributed by atoms with Crippen molar-refractivity contribution in [2.24, 2.45) is 5.92 Å². The Kier molecular flexibility index (Phi) is 8.53. The van der Waals surface area contributed by atoms with Gasteiger partial charge in [0.25, 0.3) is 5.91 Å². The first-order valence-electron chi connectivity index (χ1n) is 11.2. The van der Waals surface area contributed by atoms with E-state index in [1.165, 1.54) is 6.07 Å². The van der Waals surface area contributed by atoms with Crippen LogP contribution in [0.2, 0.25) is 10.0 Å². The van der Waals surface area contributed by atoms with Crippen LogP contribution >= 0.6 is 23.2 Å². The number of carbonyl (C=O) groups is 1. The predicted octanol–water partition coefficient (Wildman–Crippen LogP) is 4.57. The second kappa shape index (κ2) is 10.5. The Morgan fingerprint density at radius 3 is 2.55 bits per heavy atom. The molecule has 1 aromatic carbocycles. The van der Waals surface area contributed by atoms with E-state index in [0.717, 1.165) is 12.8 Å². The molecule has 2 N–H and O–H groups in total. The third-order valence-corrected chi connectivity index (χ3v) is 8.34. The van der Waals surface area contributed by atoms with E-state index in [1.54, 1.807) is 19.9 Å². The Labute approximate surface area is 209 Å². The summed E-state index contributed by atoms with van der Waals surface area (Å²) in [4.78, 5) is 14.8. The molecule has 0 bridgehead atoms. The summed E-state index contributed by atoms with van der Waals surface area (Å²) in [5.41, 5.74) is 0.557. The molecule has 1 aromatic rings. The molecule has 2 aliphatic rings. The summed E-state index contributed by atoms with van der Waals surface area (Å²) < 4.78 is 27.1. The minimum absolute atomic E-state index is 0.00345. The monoisotopic (exact) mass is 520 g/mol. The third-order valence-electron chi connectivity index (χ3n) is 6.03. The van der Waals surface area contributed by atoms with Crippen LogP contribution in [0, 0.1) is 5.92 Å². The molecule has 0 saturated carbocycles. The van der Waals surface area contributed by atoms with Gasteiger partial charge in [-0.05, 0) is 65.9 Å². The van der Waals surface area contributed by atoms with Gasteiger partial charge in [0.15, 0.2) is 11.9 Å². The molecule has 0 aliphatic carbocycles. The number of likely N-dealkylation sites (tertiary alicyclic amines) is 1. The summed E-state index contributed by atoms with van der Waals surface area (Å²) in [7, 11) is 0. The minimum atomic E-state index is -1.38. The van der Waals surface area contributed by atoms with Crippen molar-refractivity contribution < 1.29 is 23.9 Å². The lowest BCUT2D eigenvalue weighted by molar-refractivity contribution is -0.160. The second-order valence-corrected chi connectivity index (χ2v) is 12.9. The maximum Gasteiger partial charge on any atom is 0.254 e. The molecule has 0 aromatic heterocycles. The smallest absolute Gasteiger partial charge is 0.254 e. The molecule has 7 nitrogen and oxygen atoms in total. The van der Waals surface area contributed by atoms with Crippen molar-refractivity contribution in [3.63, 3.8) is 0 Å². The maximum atomic E-state index is 13.0. The molecule has 2 unspecified atom stereocenters. The van der Waals surface area contributed by atoms with Gasteiger partial charge in [-0.3, -0.25) is 4.79 Å². The number of nitrogens with one attached hydrogen (secondary N) is 1. The summed E-state index contributed by atoms with van der Waals surface area (Å²) >= 11 is 11.0. The highest BCUT2D eigenvalue weighted by Gasteiger charge is 2.40. The lowest BCUT2D eigenvalue weighted by Crippen LogP contribution is -2.44. The Morgan fingerprint density at radius 2 is 1.94 bits per heavy atom. The zero-order chi connectivity index (χ0) is 24.6. The Morgan fingerprint density at radius 1 is 1.27 bits per heavy atom. The molecule has 33 heavy (non-hydrogen) atoms. The molecule has 2 aliphatic heterocycles. The average Bonchev–Trinajstić information content (AvgIpc) is 2.92. The number of aromatic hydroxyl groups is 1. The molecule has 2 saturated heterocycles. The molecule has 0 radical (unpaired) electrons. The van der Waals surface area contributed by atoms with E-state index in [-0.39, 0.29) is 29.2 Å². The fourth-order valence-electron chi connectivity index (χ4n) is 4.19. The number of amides is 1. The van der Waals surface area contributed by atoms with Gasteiger partial charge in [-0.15, -0.1) is 4.72 Å². The van der Waals surface area contributed by atoms with Crippen LogP contribution in [-0.4, -0.2) is 56.8 Å². The van der Waals surface area contributed by atoms with Crippen LogP contribution in [-0.2, 0) is 25.6 Å². The summed E-state index contributed by atoms with van der Waals surface area (Å²) in [5.74, 6) is -0.800. The highest BCUT2D eigenvalue weighted by atomic mass is 35.5. The van der Waals surface area contributed by atoms with Crippen molar-refractivity contribution in [1.29, 1.82) is 0 Å². The number of nitrogens with zero attached hydrogens (tertiary/aromatic N) is 1. The topological polar surface area (TPSA) is 94.1 Å². The highest BCUT2D eigenvalue weighted by molar-refractivity contribution is 7.90. The number of phenolic OH excluding ortho intramolecular Hbond substituents is 1. The van der Waals surface area contributed by atoms with Crippen molar-refractivity contribution in [3.8, 4) is 5.75 Å². The quantitative estimate of drug-likeness (QED) is 0.552. The zero-order valence-electron chi connectivity index (χ0n) is 19.8. The lowest BCUT2D eigenvalue weighted by atomic mass is 9.87. The van der Waals surface area contributed by atoms with Crippen molar-refractivity contribution >= 4 is 40.5 Å². The Balaban J connectivity index is 1.80. The van der Waals surface area contributed by atoms with Crippen LogP contribution in [0.5, 0.6) is 5.75 Å². The molecular weight excluding hydrogens is 487 g/mol. The molecule has 10 heteroatoms. The van der Waals surface area contributed by atoms with Gasteiger partial charge in [0.2, 0.25) is 0 Å². The molecule has 3 rings (SSSR count). The average molecular weight is 522 g/mol. The Bertz CT molecular complexity index is 864. The number of hydrogen-bond donors (Lipinski definition) is 2. The van der Waals surface area contributed by atoms with E-state index in [4.69, 9.17) is 32.7 Å². The number of carbonyl (C=O) groups excluding carboxylic acids is 1. The van der Waals surface area contributed by atoms with Crippen LogP contribution in [0.3, 0.4) is 0 Å². The van der Waals surface area contributed by atoms with Crippen molar-refractivity contribution in [3.05, 3.63) is 27.7 Å². The van der Waals surface area contributed by atoms with Crippen LogP contribution < -0.4 is 4.72 Å². The van der Waals surface area contributed by atoms with E-state index < -0.39 is 34.0 Å². The largest absolute Gasteiger partial charge is 0.598 e. The number of hydrogen-bond acceptors (Lipinski definition) is 6. The van der Waals surface area contributed by atoms with E-state index >= 15 is 0 Å². The van der Waals surface area contributed by atoms with Crippen LogP contribution in [0.25, 0.3) is 0 Å². The van der Waals surface area contributed by atoms with Gasteiger partial charge in [-0.25, -0.2) is 0 Å². The standard InChI is InChI=1S/C23H34Cl2N2O5S/c1-22(2,3)33(30)26-20(15-11-16(24)17(25)12-18(15)28)14-7-6-9-27(10-8-14)21(29)19-13-31-23(4,5)32-19/h11-12,14,19-20,26,28H,6-10,13H2,1-5H3/t14?,19-,20?,33+/m1/s1. The molecule has 186 valence electrons. The van der Waals surface area contributed by atoms with Crippen molar-refractivity contribution in [2.75, 3.05) is 19.7 Å². The maximum absolute atomic E-state index is 13.0. The van der Waals surface area contributed by atoms with Crippen molar-refractivity contribution in [2.45, 2.75) is 76.6 Å². The number of rotatable bonds is 5. The Hall–Kier alpha value is -0.740. The number of ether oxygens (including phenoxy) is 2. The zero-order valence-corrected chi connectivity index (χ0v) is 22.1. The summed E-state index contributed by atoms with van der Waals surface area (Å²) in [6.45, 7) is 10.7. The van der Waals surface area contributed by atoms with Crippen LogP contribution in [0.4, 0.5) is 0 Å². The van der Waals surface area contributed by atoms with Gasteiger partial charge in [0.1, 0.15) is 10.5 Å². The lowest BCUT2D eigenvalue weighted by Gasteiger charge is -2.32. The normalized spacial score (nSPS) is 25.5. The number of halogens is 2. The predicted molar refractivity (Wildman–Crippen MR) is 131 cm³/mol. The number of benzene rings is 1. The fourth-order valence-corrected chi connectivity index (χ4v) is 5.43. The molecule has 4 atom stereocenters. The second-order valence-electron chi connectivity index (χ2n) is 10.1.